The number of aryl methyl sites for hydroxylation is 1. The van der Waals surface area contributed by atoms with Crippen LogP contribution in [0, 0.1) is 5.82 Å². The van der Waals surface area contributed by atoms with E-state index in [-0.39, 0.29) is 17.6 Å². The number of rotatable bonds is 4. The molecule has 16 heavy (non-hydrogen) atoms. The molecule has 3 heteroatoms. The molecule has 0 spiro atoms. The Balaban J connectivity index is 1.84. The van der Waals surface area contributed by atoms with E-state index < -0.39 is 0 Å². The van der Waals surface area contributed by atoms with Crippen LogP contribution in [0.1, 0.15) is 24.8 Å². The van der Waals surface area contributed by atoms with E-state index in [9.17, 15) is 9.18 Å². The molecule has 2 nitrogen and oxygen atoms in total. The van der Waals surface area contributed by atoms with Crippen molar-refractivity contribution in [1.82, 2.24) is 5.32 Å². The highest BCUT2D eigenvalue weighted by molar-refractivity contribution is 5.84. The number of carbonyl (C=O) groups excluding carboxylic acids is 1. The molecule has 1 unspecified atom stereocenters. The second-order valence-electron chi connectivity index (χ2n) is 4.25. The second kappa shape index (κ2) is 5.21. The van der Waals surface area contributed by atoms with Gasteiger partial charge < -0.3 is 5.32 Å². The molecule has 1 aromatic carbocycles. The molecule has 1 atom stereocenters. The molecule has 2 rings (SSSR count). The van der Waals surface area contributed by atoms with Crippen LogP contribution in [-0.4, -0.2) is 18.4 Å². The van der Waals surface area contributed by atoms with Gasteiger partial charge in [0.1, 0.15) is 11.6 Å². The first-order valence-electron chi connectivity index (χ1n) is 5.76. The fraction of sp³-hybridized carbons (Fsp3) is 0.462. The molecule has 1 aliphatic rings. The van der Waals surface area contributed by atoms with Gasteiger partial charge in [-0.3, -0.25) is 4.79 Å². The van der Waals surface area contributed by atoms with Crippen LogP contribution in [0.5, 0.6) is 0 Å². The maximum atomic E-state index is 12.9. The number of Topliss-reactive ketones (excluding diaryl/α,β-unsaturated/α-hetero) is 1. The van der Waals surface area contributed by atoms with Crippen molar-refractivity contribution in [3.8, 4) is 0 Å². The molecule has 0 amide bonds. The van der Waals surface area contributed by atoms with Crippen LogP contribution in [0.15, 0.2) is 24.3 Å². The van der Waals surface area contributed by atoms with Crippen molar-refractivity contribution in [1.29, 1.82) is 0 Å². The average Bonchev–Trinajstić information content (AvgIpc) is 2.79. The summed E-state index contributed by atoms with van der Waals surface area (Å²) in [7, 11) is 0. The number of halogens is 1. The largest absolute Gasteiger partial charge is 0.307 e. The number of hydrogen-bond donors (Lipinski definition) is 1. The van der Waals surface area contributed by atoms with Gasteiger partial charge in [0.05, 0.1) is 6.04 Å². The Morgan fingerprint density at radius 1 is 1.50 bits per heavy atom. The Morgan fingerprint density at radius 2 is 2.38 bits per heavy atom. The average molecular weight is 221 g/mol. The van der Waals surface area contributed by atoms with Gasteiger partial charge in [0, 0.05) is 6.42 Å². The normalized spacial score (nSPS) is 19.9. The van der Waals surface area contributed by atoms with E-state index in [1.807, 2.05) is 6.07 Å². The third kappa shape index (κ3) is 2.89. The summed E-state index contributed by atoms with van der Waals surface area (Å²) in [6, 6.07) is 6.49. The fourth-order valence-corrected chi connectivity index (χ4v) is 2.09. The molecule has 86 valence electrons. The summed E-state index contributed by atoms with van der Waals surface area (Å²) in [5, 5.41) is 3.18. The first-order chi connectivity index (χ1) is 7.75. The third-order valence-electron chi connectivity index (χ3n) is 3.00. The maximum absolute atomic E-state index is 12.9. The second-order valence-corrected chi connectivity index (χ2v) is 4.25. The molecule has 0 radical (unpaired) electrons. The Bertz CT molecular complexity index is 372. The van der Waals surface area contributed by atoms with E-state index in [0.717, 1.165) is 24.9 Å². The number of benzene rings is 1. The zero-order valence-corrected chi connectivity index (χ0v) is 9.21. The van der Waals surface area contributed by atoms with Gasteiger partial charge in [-0.2, -0.15) is 0 Å². The fourth-order valence-electron chi connectivity index (χ4n) is 2.09. The molecule has 1 aliphatic heterocycles. The lowest BCUT2D eigenvalue weighted by atomic mass is 10.0. The van der Waals surface area contributed by atoms with Crippen LogP contribution in [0.25, 0.3) is 0 Å². The van der Waals surface area contributed by atoms with Gasteiger partial charge in [0.25, 0.3) is 0 Å². The molecule has 0 bridgehead atoms. The first kappa shape index (κ1) is 11.3. The van der Waals surface area contributed by atoms with Crippen molar-refractivity contribution in [3.05, 3.63) is 35.6 Å². The van der Waals surface area contributed by atoms with E-state index in [4.69, 9.17) is 0 Å². The quantitative estimate of drug-likeness (QED) is 0.843. The standard InChI is InChI=1S/C13H16FNO/c14-11-4-1-3-10(9-11)6-7-13(16)12-5-2-8-15-12/h1,3-4,9,12,15H,2,5-8H2. The number of carbonyl (C=O) groups is 1. The van der Waals surface area contributed by atoms with E-state index in [1.165, 1.54) is 12.1 Å². The molecular formula is C13H16FNO. The van der Waals surface area contributed by atoms with E-state index >= 15 is 0 Å². The summed E-state index contributed by atoms with van der Waals surface area (Å²) in [5.74, 6) is 0.0192. The molecule has 1 heterocycles. The van der Waals surface area contributed by atoms with Crippen molar-refractivity contribution in [2.75, 3.05) is 6.54 Å². The molecule has 1 N–H and O–H groups in total. The zero-order chi connectivity index (χ0) is 11.4. The van der Waals surface area contributed by atoms with Crippen LogP contribution in [-0.2, 0) is 11.2 Å². The lowest BCUT2D eigenvalue weighted by Crippen LogP contribution is -2.30. The van der Waals surface area contributed by atoms with Crippen LogP contribution in [0.4, 0.5) is 4.39 Å². The Hall–Kier alpha value is -1.22. The third-order valence-corrected chi connectivity index (χ3v) is 3.00. The lowest BCUT2D eigenvalue weighted by Gasteiger charge is -2.08. The van der Waals surface area contributed by atoms with Crippen molar-refractivity contribution >= 4 is 5.78 Å². The molecule has 0 aromatic heterocycles. The van der Waals surface area contributed by atoms with Crippen molar-refractivity contribution < 1.29 is 9.18 Å². The Kier molecular flexibility index (Phi) is 3.67. The van der Waals surface area contributed by atoms with Gasteiger partial charge >= 0.3 is 0 Å². The van der Waals surface area contributed by atoms with Crippen LogP contribution in [0.3, 0.4) is 0 Å². The topological polar surface area (TPSA) is 29.1 Å². The summed E-state index contributed by atoms with van der Waals surface area (Å²) >= 11 is 0. The summed E-state index contributed by atoms with van der Waals surface area (Å²) in [5.41, 5.74) is 0.895. The van der Waals surface area contributed by atoms with Crippen molar-refractivity contribution in [2.24, 2.45) is 0 Å². The number of hydrogen-bond acceptors (Lipinski definition) is 2. The Morgan fingerprint density at radius 3 is 3.06 bits per heavy atom. The Labute approximate surface area is 94.9 Å². The number of nitrogens with one attached hydrogen (secondary N) is 1. The minimum atomic E-state index is -0.232. The molecule has 0 saturated carbocycles. The summed E-state index contributed by atoms with van der Waals surface area (Å²) < 4.78 is 12.9. The van der Waals surface area contributed by atoms with E-state index in [2.05, 4.69) is 5.32 Å². The van der Waals surface area contributed by atoms with Crippen LogP contribution < -0.4 is 5.32 Å². The summed E-state index contributed by atoms with van der Waals surface area (Å²) in [4.78, 5) is 11.7. The van der Waals surface area contributed by atoms with Crippen LogP contribution in [0.2, 0.25) is 0 Å². The maximum Gasteiger partial charge on any atom is 0.150 e. The molecule has 0 aliphatic carbocycles. The van der Waals surface area contributed by atoms with E-state index in [1.54, 1.807) is 6.07 Å². The van der Waals surface area contributed by atoms with Crippen LogP contribution >= 0.6 is 0 Å². The zero-order valence-electron chi connectivity index (χ0n) is 9.21. The molecule has 1 aromatic rings. The highest BCUT2D eigenvalue weighted by atomic mass is 19.1. The lowest BCUT2D eigenvalue weighted by molar-refractivity contribution is -0.120. The monoisotopic (exact) mass is 221 g/mol. The van der Waals surface area contributed by atoms with Gasteiger partial charge in [-0.05, 0) is 43.5 Å². The summed E-state index contributed by atoms with van der Waals surface area (Å²) in [6.07, 6.45) is 3.16. The predicted molar refractivity (Wildman–Crippen MR) is 60.8 cm³/mol. The van der Waals surface area contributed by atoms with Crippen molar-refractivity contribution in [2.45, 2.75) is 31.7 Å². The van der Waals surface area contributed by atoms with Crippen molar-refractivity contribution in [3.63, 3.8) is 0 Å². The highest BCUT2D eigenvalue weighted by Gasteiger charge is 2.21. The minimum Gasteiger partial charge on any atom is -0.307 e. The van der Waals surface area contributed by atoms with Gasteiger partial charge in [0.2, 0.25) is 0 Å². The SMILES string of the molecule is O=C(CCc1cccc(F)c1)C1CCCN1. The van der Waals surface area contributed by atoms with Gasteiger partial charge in [-0.25, -0.2) is 4.39 Å². The first-order valence-corrected chi connectivity index (χ1v) is 5.76. The van der Waals surface area contributed by atoms with E-state index in [0.29, 0.717) is 12.8 Å². The highest BCUT2D eigenvalue weighted by Crippen LogP contribution is 2.11. The molecular weight excluding hydrogens is 205 g/mol. The van der Waals surface area contributed by atoms with Gasteiger partial charge in [0.15, 0.2) is 0 Å². The number of ketones is 1. The van der Waals surface area contributed by atoms with Gasteiger partial charge in [-0.15, -0.1) is 0 Å². The molecule has 1 saturated heterocycles. The smallest absolute Gasteiger partial charge is 0.150 e. The minimum absolute atomic E-state index is 0.0357. The summed E-state index contributed by atoms with van der Waals surface area (Å²) in [6.45, 7) is 0.941. The van der Waals surface area contributed by atoms with Gasteiger partial charge in [-0.1, -0.05) is 12.1 Å². The molecule has 1 fully saturated rings. The predicted octanol–water partition coefficient (Wildman–Crippen LogP) is 2.08.